The topological polar surface area (TPSA) is 86.8 Å². The van der Waals surface area contributed by atoms with E-state index in [0.717, 1.165) is 11.4 Å². The number of hydrogen-bond donors (Lipinski definition) is 0. The fourth-order valence-electron chi connectivity index (χ4n) is 3.22. The number of morpholine rings is 1. The Balaban J connectivity index is 1.48. The number of furan rings is 1. The number of para-hydroxylation sites is 1. The van der Waals surface area contributed by atoms with Crippen LogP contribution in [0.15, 0.2) is 59.2 Å². The molecular formula is C23H23N3O5. The molecule has 1 fully saturated rings. The first-order valence-corrected chi connectivity index (χ1v) is 10.0. The molecule has 31 heavy (non-hydrogen) atoms. The number of aryl methyl sites for hydroxylation is 1. The van der Waals surface area contributed by atoms with Gasteiger partial charge in [0.05, 0.1) is 18.9 Å². The van der Waals surface area contributed by atoms with Gasteiger partial charge in [-0.3, -0.25) is 4.79 Å². The molecule has 8 heteroatoms. The van der Waals surface area contributed by atoms with Gasteiger partial charge in [-0.2, -0.15) is 5.10 Å². The van der Waals surface area contributed by atoms with Crippen molar-refractivity contribution in [1.29, 1.82) is 0 Å². The van der Waals surface area contributed by atoms with E-state index in [4.69, 9.17) is 13.9 Å². The first-order chi connectivity index (χ1) is 15.1. The lowest BCUT2D eigenvalue weighted by Gasteiger charge is -2.26. The second-order valence-electron chi connectivity index (χ2n) is 7.06. The van der Waals surface area contributed by atoms with Gasteiger partial charge in [-0.15, -0.1) is 0 Å². The zero-order valence-corrected chi connectivity index (χ0v) is 17.2. The highest BCUT2D eigenvalue weighted by molar-refractivity contribution is 5.90. The number of esters is 1. The molecule has 0 radical (unpaired) electrons. The monoisotopic (exact) mass is 421 g/mol. The maximum Gasteiger partial charge on any atom is 0.331 e. The Morgan fingerprint density at radius 1 is 1.13 bits per heavy atom. The van der Waals surface area contributed by atoms with Gasteiger partial charge in [0, 0.05) is 30.9 Å². The van der Waals surface area contributed by atoms with E-state index < -0.39 is 5.97 Å². The lowest BCUT2D eigenvalue weighted by molar-refractivity contribution is -0.150. The summed E-state index contributed by atoms with van der Waals surface area (Å²) in [5.41, 5.74) is 2.17. The van der Waals surface area contributed by atoms with Gasteiger partial charge in [-0.05, 0) is 37.3 Å². The molecular weight excluding hydrogens is 398 g/mol. The number of aromatic nitrogens is 2. The second-order valence-corrected chi connectivity index (χ2v) is 7.06. The maximum atomic E-state index is 12.2. The Hall–Kier alpha value is -3.65. The number of carbonyl (C=O) groups excluding carboxylic acids is 2. The molecule has 0 aliphatic carbocycles. The van der Waals surface area contributed by atoms with Crippen LogP contribution in [-0.4, -0.2) is 59.5 Å². The maximum absolute atomic E-state index is 12.2. The van der Waals surface area contributed by atoms with Crippen LogP contribution in [0.4, 0.5) is 0 Å². The van der Waals surface area contributed by atoms with E-state index >= 15 is 0 Å². The molecule has 1 aliphatic rings. The van der Waals surface area contributed by atoms with E-state index in [2.05, 4.69) is 5.10 Å². The highest BCUT2D eigenvalue weighted by atomic mass is 16.5. The average molecular weight is 421 g/mol. The number of amides is 1. The third-order valence-electron chi connectivity index (χ3n) is 4.84. The minimum absolute atomic E-state index is 0.228. The zero-order valence-electron chi connectivity index (χ0n) is 17.2. The smallest absolute Gasteiger partial charge is 0.331 e. The van der Waals surface area contributed by atoms with Crippen molar-refractivity contribution < 1.29 is 23.5 Å². The predicted octanol–water partition coefficient (Wildman–Crippen LogP) is 2.86. The number of rotatable bonds is 6. The molecule has 1 saturated heterocycles. The fourth-order valence-corrected chi connectivity index (χ4v) is 3.22. The number of nitrogens with zero attached hydrogens (tertiary/aromatic N) is 3. The van der Waals surface area contributed by atoms with Crippen LogP contribution in [0.1, 0.15) is 11.3 Å². The van der Waals surface area contributed by atoms with E-state index in [1.54, 1.807) is 15.7 Å². The molecule has 0 bridgehead atoms. The van der Waals surface area contributed by atoms with Crippen LogP contribution >= 0.6 is 0 Å². The number of ether oxygens (including phenoxy) is 2. The molecule has 1 aliphatic heterocycles. The van der Waals surface area contributed by atoms with Crippen molar-refractivity contribution in [2.24, 2.45) is 0 Å². The molecule has 1 amide bonds. The number of hydrogen-bond acceptors (Lipinski definition) is 6. The highest BCUT2D eigenvalue weighted by Gasteiger charge is 2.18. The quantitative estimate of drug-likeness (QED) is 0.449. The molecule has 0 N–H and O–H groups in total. The molecule has 3 aromatic rings. The SMILES string of the molecule is Cc1ccc(-c2nn(-c3ccccc3)cc2/C=C/C(=O)OCC(=O)N2CCOCC2)o1. The summed E-state index contributed by atoms with van der Waals surface area (Å²) in [4.78, 5) is 25.9. The molecule has 1 aromatic carbocycles. The van der Waals surface area contributed by atoms with Crippen LogP contribution in [-0.2, 0) is 19.1 Å². The van der Waals surface area contributed by atoms with Crippen molar-refractivity contribution in [2.75, 3.05) is 32.9 Å². The van der Waals surface area contributed by atoms with Gasteiger partial charge in [0.25, 0.3) is 5.91 Å². The van der Waals surface area contributed by atoms with Gasteiger partial charge in [0.15, 0.2) is 12.4 Å². The van der Waals surface area contributed by atoms with Gasteiger partial charge >= 0.3 is 5.97 Å². The number of benzene rings is 1. The van der Waals surface area contributed by atoms with Gasteiger partial charge in [0.1, 0.15) is 11.5 Å². The third kappa shape index (κ3) is 5.10. The van der Waals surface area contributed by atoms with Crippen LogP contribution in [0.3, 0.4) is 0 Å². The standard InChI is InChI=1S/C23H23N3O5/c1-17-7-9-20(31-17)23-18(15-26(24-23)19-5-3-2-4-6-19)8-10-22(28)30-16-21(27)25-11-13-29-14-12-25/h2-10,15H,11-14,16H2,1H3/b10-8+. The van der Waals surface area contributed by atoms with Crippen molar-refractivity contribution in [3.63, 3.8) is 0 Å². The first kappa shape index (κ1) is 20.6. The van der Waals surface area contributed by atoms with Crippen molar-refractivity contribution >= 4 is 18.0 Å². The van der Waals surface area contributed by atoms with Gasteiger partial charge in [-0.1, -0.05) is 18.2 Å². The summed E-state index contributed by atoms with van der Waals surface area (Å²) < 4.78 is 17.8. The summed E-state index contributed by atoms with van der Waals surface area (Å²) in [5, 5.41) is 4.62. The molecule has 4 rings (SSSR count). The fraction of sp³-hybridized carbons (Fsp3) is 0.261. The molecule has 0 saturated carbocycles. The Bertz CT molecular complexity index is 1080. The first-order valence-electron chi connectivity index (χ1n) is 10.0. The molecule has 0 spiro atoms. The summed E-state index contributed by atoms with van der Waals surface area (Å²) in [6, 6.07) is 13.3. The largest absolute Gasteiger partial charge is 0.460 e. The molecule has 0 atom stereocenters. The van der Waals surface area contributed by atoms with E-state index in [0.29, 0.717) is 43.3 Å². The van der Waals surface area contributed by atoms with Crippen LogP contribution in [0, 0.1) is 6.92 Å². The summed E-state index contributed by atoms with van der Waals surface area (Å²) in [6.07, 6.45) is 4.71. The third-order valence-corrected chi connectivity index (χ3v) is 4.84. The Morgan fingerprint density at radius 2 is 1.90 bits per heavy atom. The van der Waals surface area contributed by atoms with Gasteiger partial charge in [-0.25, -0.2) is 9.48 Å². The van der Waals surface area contributed by atoms with Gasteiger partial charge in [0.2, 0.25) is 0 Å². The van der Waals surface area contributed by atoms with E-state index in [9.17, 15) is 9.59 Å². The predicted molar refractivity (Wildman–Crippen MR) is 113 cm³/mol. The van der Waals surface area contributed by atoms with E-state index in [1.807, 2.05) is 55.6 Å². The molecule has 8 nitrogen and oxygen atoms in total. The summed E-state index contributed by atoms with van der Waals surface area (Å²) in [7, 11) is 0. The average Bonchev–Trinajstić information content (AvgIpc) is 3.43. The van der Waals surface area contributed by atoms with Crippen molar-refractivity contribution in [1.82, 2.24) is 14.7 Å². The second kappa shape index (κ2) is 9.44. The van der Waals surface area contributed by atoms with Crippen molar-refractivity contribution in [3.05, 3.63) is 66.1 Å². The lowest BCUT2D eigenvalue weighted by Crippen LogP contribution is -2.42. The summed E-state index contributed by atoms with van der Waals surface area (Å²) in [5.74, 6) is 0.535. The highest BCUT2D eigenvalue weighted by Crippen LogP contribution is 2.26. The number of carbonyl (C=O) groups is 2. The lowest BCUT2D eigenvalue weighted by atomic mass is 10.2. The van der Waals surface area contributed by atoms with Crippen LogP contribution in [0.2, 0.25) is 0 Å². The van der Waals surface area contributed by atoms with Crippen LogP contribution in [0.25, 0.3) is 23.2 Å². The minimum atomic E-state index is -0.601. The van der Waals surface area contributed by atoms with Crippen molar-refractivity contribution in [3.8, 4) is 17.1 Å². The van der Waals surface area contributed by atoms with Crippen LogP contribution in [0.5, 0.6) is 0 Å². The minimum Gasteiger partial charge on any atom is -0.460 e. The van der Waals surface area contributed by atoms with Crippen LogP contribution < -0.4 is 0 Å². The van der Waals surface area contributed by atoms with E-state index in [-0.39, 0.29) is 12.5 Å². The van der Waals surface area contributed by atoms with Gasteiger partial charge < -0.3 is 18.8 Å². The Labute approximate surface area is 179 Å². The molecule has 0 unspecified atom stereocenters. The van der Waals surface area contributed by atoms with Crippen molar-refractivity contribution in [2.45, 2.75) is 6.92 Å². The normalized spacial score (nSPS) is 14.2. The Morgan fingerprint density at radius 3 is 2.61 bits per heavy atom. The summed E-state index contributed by atoms with van der Waals surface area (Å²) >= 11 is 0. The Kier molecular flexibility index (Phi) is 6.28. The molecule has 160 valence electrons. The summed E-state index contributed by atoms with van der Waals surface area (Å²) in [6.45, 7) is 3.58. The molecule has 2 aromatic heterocycles. The zero-order chi connectivity index (χ0) is 21.6. The molecule has 3 heterocycles. The van der Waals surface area contributed by atoms with E-state index in [1.165, 1.54) is 6.08 Å².